The Bertz CT molecular complexity index is 1430. The van der Waals surface area contributed by atoms with E-state index in [9.17, 15) is 9.59 Å². The van der Waals surface area contributed by atoms with E-state index in [0.717, 1.165) is 28.3 Å². The zero-order valence-electron chi connectivity index (χ0n) is 18.9. The highest BCUT2D eigenvalue weighted by atomic mass is 32.2. The van der Waals surface area contributed by atoms with Crippen LogP contribution < -0.4 is 15.6 Å². The van der Waals surface area contributed by atoms with Gasteiger partial charge in [-0.15, -0.1) is 11.8 Å². The third kappa shape index (κ3) is 5.15. The number of benzene rings is 2. The average Bonchev–Trinajstić information content (AvgIpc) is 3.58. The number of hydrogen-bond donors (Lipinski definition) is 1. The van der Waals surface area contributed by atoms with Gasteiger partial charge in [0.25, 0.3) is 11.5 Å². The number of hydrogen-bond acceptors (Lipinski definition) is 7. The van der Waals surface area contributed by atoms with E-state index in [0.29, 0.717) is 33.8 Å². The number of carbonyl (C=O) groups excluding carboxylic acids is 1. The molecular formula is C25H24N4O3S2. The van der Waals surface area contributed by atoms with E-state index in [-0.39, 0.29) is 18.1 Å². The minimum atomic E-state index is -0.235. The number of amides is 1. The lowest BCUT2D eigenvalue weighted by atomic mass is 10.1. The third-order valence-electron chi connectivity index (χ3n) is 5.63. The Labute approximate surface area is 205 Å². The topological polar surface area (TPSA) is 85.6 Å². The first kappa shape index (κ1) is 22.6. The van der Waals surface area contributed by atoms with Crippen molar-refractivity contribution in [1.82, 2.24) is 14.6 Å². The fourth-order valence-electron chi connectivity index (χ4n) is 3.43. The van der Waals surface area contributed by atoms with Crippen LogP contribution in [0.3, 0.4) is 0 Å². The van der Waals surface area contributed by atoms with Crippen molar-refractivity contribution in [1.29, 1.82) is 0 Å². The summed E-state index contributed by atoms with van der Waals surface area (Å²) >= 11 is 3.02. The normalized spacial score (nSPS) is 13.2. The summed E-state index contributed by atoms with van der Waals surface area (Å²) in [6.07, 6.45) is 2.27. The molecule has 1 aliphatic rings. The zero-order chi connectivity index (χ0) is 23.7. The number of ether oxygens (including phenoxy) is 1. The van der Waals surface area contributed by atoms with Gasteiger partial charge >= 0.3 is 0 Å². The molecule has 1 saturated carbocycles. The summed E-state index contributed by atoms with van der Waals surface area (Å²) in [6.45, 7) is 3.97. The van der Waals surface area contributed by atoms with Crippen molar-refractivity contribution in [2.45, 2.75) is 43.3 Å². The molecule has 174 valence electrons. The summed E-state index contributed by atoms with van der Waals surface area (Å²) in [5, 5.41) is 8.34. The van der Waals surface area contributed by atoms with Gasteiger partial charge in [-0.1, -0.05) is 29.5 Å². The lowest BCUT2D eigenvalue weighted by Gasteiger charge is -2.12. The monoisotopic (exact) mass is 492 g/mol. The van der Waals surface area contributed by atoms with Crippen molar-refractivity contribution < 1.29 is 9.53 Å². The molecule has 9 heteroatoms. The summed E-state index contributed by atoms with van der Waals surface area (Å²) in [5.74, 6) is 1.43. The Morgan fingerprint density at radius 1 is 1.18 bits per heavy atom. The van der Waals surface area contributed by atoms with Crippen LogP contribution in [0.25, 0.3) is 4.96 Å². The fourth-order valence-corrected chi connectivity index (χ4v) is 5.42. The van der Waals surface area contributed by atoms with Crippen LogP contribution in [0.4, 0.5) is 5.69 Å². The van der Waals surface area contributed by atoms with Crippen molar-refractivity contribution in [2.24, 2.45) is 0 Å². The predicted molar refractivity (Wildman–Crippen MR) is 135 cm³/mol. The number of thioether (sulfide) groups is 1. The molecule has 2 aromatic carbocycles. The number of aryl methyl sites for hydroxylation is 2. The lowest BCUT2D eigenvalue weighted by molar-refractivity contribution is -0.118. The summed E-state index contributed by atoms with van der Waals surface area (Å²) in [5.41, 5.74) is 3.53. The number of carbonyl (C=O) groups is 1. The van der Waals surface area contributed by atoms with Crippen LogP contribution in [0.2, 0.25) is 0 Å². The first-order valence-corrected chi connectivity index (χ1v) is 12.9. The molecule has 0 aliphatic heterocycles. The highest BCUT2D eigenvalue weighted by molar-refractivity contribution is 7.98. The highest BCUT2D eigenvalue weighted by Gasteiger charge is 2.28. The van der Waals surface area contributed by atoms with Gasteiger partial charge in [-0.3, -0.25) is 9.59 Å². The van der Waals surface area contributed by atoms with Gasteiger partial charge in [0.15, 0.2) is 6.61 Å². The molecule has 7 nitrogen and oxygen atoms in total. The molecule has 1 N–H and O–H groups in total. The SMILES string of the molecule is Cc1ccc(OCC(=O)Nc2ccccc2SCc2cc(=O)n3nc(C4CC4)sc3n2)cc1C. The first-order valence-electron chi connectivity index (χ1n) is 11.1. The van der Waals surface area contributed by atoms with Crippen LogP contribution in [-0.4, -0.2) is 27.1 Å². The maximum atomic E-state index is 12.5. The van der Waals surface area contributed by atoms with Crippen molar-refractivity contribution >= 4 is 39.7 Å². The molecule has 1 fully saturated rings. The molecule has 0 unspecified atom stereocenters. The second-order valence-corrected chi connectivity index (χ2v) is 10.4. The molecule has 2 aromatic heterocycles. The van der Waals surface area contributed by atoms with Crippen molar-refractivity contribution in [3.8, 4) is 5.75 Å². The molecule has 34 heavy (non-hydrogen) atoms. The van der Waals surface area contributed by atoms with Crippen molar-refractivity contribution in [3.63, 3.8) is 0 Å². The van der Waals surface area contributed by atoms with Gasteiger partial charge < -0.3 is 10.1 Å². The quantitative estimate of drug-likeness (QED) is 0.350. The Morgan fingerprint density at radius 2 is 2.00 bits per heavy atom. The van der Waals surface area contributed by atoms with E-state index in [1.54, 1.807) is 0 Å². The van der Waals surface area contributed by atoms with Crippen LogP contribution in [0.15, 0.2) is 58.2 Å². The van der Waals surface area contributed by atoms with Gasteiger partial charge in [0.05, 0.1) is 11.4 Å². The molecule has 0 atom stereocenters. The van der Waals surface area contributed by atoms with Crippen LogP contribution in [0, 0.1) is 13.8 Å². The van der Waals surface area contributed by atoms with Gasteiger partial charge in [-0.25, -0.2) is 4.98 Å². The van der Waals surface area contributed by atoms with E-state index in [1.807, 2.05) is 56.3 Å². The van der Waals surface area contributed by atoms with Crippen LogP contribution in [0.5, 0.6) is 5.75 Å². The molecule has 1 aliphatic carbocycles. The smallest absolute Gasteiger partial charge is 0.275 e. The number of aromatic nitrogens is 3. The Morgan fingerprint density at radius 3 is 2.79 bits per heavy atom. The lowest BCUT2D eigenvalue weighted by Crippen LogP contribution is -2.20. The molecule has 5 rings (SSSR count). The summed E-state index contributed by atoms with van der Waals surface area (Å²) in [4.78, 5) is 31.2. The Kier molecular flexibility index (Phi) is 6.38. The number of nitrogens with zero attached hydrogens (tertiary/aromatic N) is 3. The maximum absolute atomic E-state index is 12.5. The molecular weight excluding hydrogens is 468 g/mol. The van der Waals surface area contributed by atoms with Crippen molar-refractivity contribution in [3.05, 3.63) is 80.7 Å². The van der Waals surface area contributed by atoms with E-state index >= 15 is 0 Å². The van der Waals surface area contributed by atoms with Gasteiger partial charge in [-0.05, 0) is 62.1 Å². The van der Waals surface area contributed by atoms with E-state index in [1.165, 1.54) is 39.2 Å². The molecule has 4 aromatic rings. The third-order valence-corrected chi connectivity index (χ3v) is 7.80. The second kappa shape index (κ2) is 9.60. The Hall–Kier alpha value is -3.17. The highest BCUT2D eigenvalue weighted by Crippen LogP contribution is 2.41. The molecule has 0 spiro atoms. The number of nitrogens with one attached hydrogen (secondary N) is 1. The second-order valence-electron chi connectivity index (χ2n) is 8.36. The van der Waals surface area contributed by atoms with Crippen LogP contribution in [-0.2, 0) is 10.5 Å². The van der Waals surface area contributed by atoms with Gasteiger partial charge in [0.2, 0.25) is 4.96 Å². The van der Waals surface area contributed by atoms with Gasteiger partial charge in [0, 0.05) is 22.6 Å². The van der Waals surface area contributed by atoms with Gasteiger partial charge in [-0.2, -0.15) is 9.61 Å². The number of fused-ring (bicyclic) bond motifs is 1. The van der Waals surface area contributed by atoms with E-state index < -0.39 is 0 Å². The summed E-state index contributed by atoms with van der Waals surface area (Å²) < 4.78 is 7.05. The fraction of sp³-hybridized carbons (Fsp3) is 0.280. The van der Waals surface area contributed by atoms with Crippen LogP contribution >= 0.6 is 23.1 Å². The molecule has 2 heterocycles. The molecule has 0 radical (unpaired) electrons. The largest absolute Gasteiger partial charge is 0.484 e. The molecule has 0 saturated heterocycles. The molecule has 0 bridgehead atoms. The minimum absolute atomic E-state index is 0.0782. The van der Waals surface area contributed by atoms with Gasteiger partial charge in [0.1, 0.15) is 10.8 Å². The maximum Gasteiger partial charge on any atom is 0.275 e. The summed E-state index contributed by atoms with van der Waals surface area (Å²) in [6, 6.07) is 14.9. The average molecular weight is 493 g/mol. The summed E-state index contributed by atoms with van der Waals surface area (Å²) in [7, 11) is 0. The van der Waals surface area contributed by atoms with E-state index in [4.69, 9.17) is 4.74 Å². The number of anilines is 1. The predicted octanol–water partition coefficient (Wildman–Crippen LogP) is 4.96. The van der Waals surface area contributed by atoms with Crippen LogP contribution in [0.1, 0.15) is 40.6 Å². The number of para-hydroxylation sites is 1. The number of rotatable bonds is 8. The molecule has 1 amide bonds. The minimum Gasteiger partial charge on any atom is -0.484 e. The zero-order valence-corrected chi connectivity index (χ0v) is 20.5. The Balaban J connectivity index is 1.23. The standard InChI is InChI=1S/C25H24N4O3S2/c1-15-7-10-19(11-16(15)2)32-13-22(30)27-20-5-3-4-6-21(20)33-14-18-12-23(31)29-25(26-18)34-24(28-29)17-8-9-17/h3-7,10-12,17H,8-9,13-14H2,1-2H3,(H,27,30). The van der Waals surface area contributed by atoms with E-state index in [2.05, 4.69) is 15.4 Å². The van der Waals surface area contributed by atoms with Crippen molar-refractivity contribution in [2.75, 3.05) is 11.9 Å². The first-order chi connectivity index (χ1) is 16.5.